The summed E-state index contributed by atoms with van der Waals surface area (Å²) in [5.41, 5.74) is 6.06. The van der Waals surface area contributed by atoms with Crippen LogP contribution >= 0.6 is 54.5 Å². The van der Waals surface area contributed by atoms with E-state index in [1.165, 1.54) is 137 Å². The Morgan fingerprint density at radius 2 is 0.711 bits per heavy atom. The molecule has 823 valence electrons. The Hall–Kier alpha value is -9.04. The summed E-state index contributed by atoms with van der Waals surface area (Å²) in [5.74, 6) is 12.6. The summed E-state index contributed by atoms with van der Waals surface area (Å²) in [4.78, 5) is 65.4. The van der Waals surface area contributed by atoms with E-state index in [9.17, 15) is 44.1 Å². The fraction of sp³-hybridized carbons (Fsp3) is 0.528. The zero-order valence-corrected chi connectivity index (χ0v) is 98.7. The van der Waals surface area contributed by atoms with Gasteiger partial charge in [0.05, 0.1) is 53.9 Å². The molecule has 0 unspecified atom stereocenters. The van der Waals surface area contributed by atoms with Crippen molar-refractivity contribution in [1.29, 1.82) is 0 Å². The van der Waals surface area contributed by atoms with Gasteiger partial charge in [-0.25, -0.2) is 0 Å². The van der Waals surface area contributed by atoms with Gasteiger partial charge in [0.25, 0.3) is 0 Å². The van der Waals surface area contributed by atoms with Gasteiger partial charge in [-0.3, -0.25) is 24.0 Å². The van der Waals surface area contributed by atoms with E-state index in [2.05, 4.69) is 252 Å². The number of carbonyl (C=O) groups is 6. The number of allylic oxidation sites excluding steroid dienone is 5. The van der Waals surface area contributed by atoms with Crippen LogP contribution in [0.4, 0.5) is 0 Å². The third-order valence-electron chi connectivity index (χ3n) is 25.9. The van der Waals surface area contributed by atoms with Crippen LogP contribution in [0.1, 0.15) is 331 Å². The predicted molar refractivity (Wildman–Crippen MR) is 635 cm³/mol. The lowest BCUT2D eigenvalue weighted by atomic mass is 9.80. The van der Waals surface area contributed by atoms with Gasteiger partial charge in [0.2, 0.25) is 0 Å². The SMILES string of the molecule is C#C[C@H](C)CCCCC.CCCCC[C@@H](C)/C=C/B1Oc2ccccc2O1.CCCCC[C@@H](C)/C=C/c1ccccc1/C=C/[C@@H](C)[C@@H](C)CCCC(=O)OC.CCCCC[C@@H](O)/C=C/c1ccccc1/C=C/[C@@H](O)[C@@H](O)CCCC(=O)OC.COC(=O)CCC[C@H](C)[C@H](C)/C=C/I.COC(=O)CCC[C@H](C)[C@H](C)/C=C/c1ccccc1Br.COC(=O)CCC[C@H](C)[C@H](C)C=O.OB(O)c1ccccc1Br.[B]1Oc2ccccc2O1. The summed E-state index contributed by atoms with van der Waals surface area (Å²) in [6.45, 7) is 32.8. The van der Waals surface area contributed by atoms with Crippen molar-refractivity contribution in [1.82, 2.24) is 0 Å². The van der Waals surface area contributed by atoms with Crippen molar-refractivity contribution in [3.05, 3.63) is 235 Å². The maximum atomic E-state index is 11.3. The van der Waals surface area contributed by atoms with Gasteiger partial charge in [0, 0.05) is 52.9 Å². The number of aldehydes is 1. The highest BCUT2D eigenvalue weighted by atomic mass is 127. The second-order valence-electron chi connectivity index (χ2n) is 38.5. The number of carbonyl (C=O) groups excluding carboxylic acids is 6. The topological polar surface area (TPSA) is 287 Å². The van der Waals surface area contributed by atoms with Crippen molar-refractivity contribution in [2.24, 2.45) is 65.1 Å². The number of aliphatic hydroxyl groups is 3. The number of halogens is 3. The molecule has 0 bridgehead atoms. The van der Waals surface area contributed by atoms with Gasteiger partial charge in [0.1, 0.15) is 29.3 Å². The van der Waals surface area contributed by atoms with Crippen LogP contribution in [0.3, 0.4) is 0 Å². The molecule has 0 aliphatic carbocycles. The van der Waals surface area contributed by atoms with E-state index >= 15 is 0 Å². The third kappa shape index (κ3) is 70.7. The minimum atomic E-state index is -1.39. The number of unbranched alkanes of at least 4 members (excludes halogenated alkanes) is 8. The summed E-state index contributed by atoms with van der Waals surface area (Å²) < 4.78 is 48.2. The number of para-hydroxylation sites is 4. The van der Waals surface area contributed by atoms with Gasteiger partial charge in [-0.1, -0.05) is 417 Å². The summed E-state index contributed by atoms with van der Waals surface area (Å²) in [6.07, 6.45) is 58.7. The lowest BCUT2D eigenvalue weighted by molar-refractivity contribution is -0.141. The average Bonchev–Trinajstić information content (AvgIpc) is 1.71. The standard InChI is InChI=1S/C26H40O2.C23H34O5.C17H23BrO2.C15H21BO2.C11H19IO2.C10H18O3.C9H16.C6H6BBrO2.C6H4BO2/c1-6-7-8-12-21(2)17-19-24-14-9-10-15-25(24)20-18-23(4)22(3)13-11-16-26(27)28-5;1-3-4-5-11-20(24)16-14-18-9-6-7-10-19(18)15-17-22(26)21(25)12-8-13-23(27)28-2;1-13(7-6-10-17(19)20-3)14(2)11-12-15-8-4-5-9-16(15)18;1-3-4-5-8-13(2)11-12-16-17-14-9-6-7-10-15(14)18-16;1-9(10(2)7-8-12)5-4-6-11(13)14-3;1-8(9(2)7-11)5-4-6-10(12)13-3;1-4-6-7-8-9(3)5-2;8-6-4-2-1-3-5(6)7(9)10;1-2-4-6-5(3-1)8-7-9-6/h9-10,14-15,17-23H,6-8,11-13,16H2,1-5H3;6-7,9-10,14-17,20-22,24-26H,3-5,8,11-13H2,1-2H3;4-5,8-9,11-14H,6-7,10H2,1-3H3;6-7,9-13H,3-5,8H2,1-2H3;7-10H,4-6H2,1-3H3;7-9H,4-6H2,1-3H3;2,9H,4,6-8H2,1,3H3;1-4,9-10H;1-4H/b19-17+,20-18+;16-14+,17-15+;2*12-11+;8-7+;;;;/t21-,22+,23-;20-,21+,22-;13-,14+;13-;9-,10+;8-,9+;9-;;/m1101000../s1. The highest BCUT2D eigenvalue weighted by Crippen LogP contribution is 2.34. The third-order valence-corrected chi connectivity index (χ3v) is 27.7. The highest BCUT2D eigenvalue weighted by Gasteiger charge is 2.29. The van der Waals surface area contributed by atoms with Crippen molar-refractivity contribution >= 4 is 148 Å². The molecule has 149 heavy (non-hydrogen) atoms. The monoisotopic (exact) mass is 2300 g/mol. The Kier molecular flexibility index (Phi) is 85.0. The fourth-order valence-electron chi connectivity index (χ4n) is 14.7. The lowest BCUT2D eigenvalue weighted by Gasteiger charge is -2.16. The van der Waals surface area contributed by atoms with Crippen LogP contribution in [0.2, 0.25) is 0 Å². The summed E-state index contributed by atoms with van der Waals surface area (Å²) in [6, 6.07) is 46.7. The maximum absolute atomic E-state index is 11.3. The van der Waals surface area contributed by atoms with E-state index in [4.69, 9.17) is 39.8 Å². The lowest BCUT2D eigenvalue weighted by Crippen LogP contribution is -2.30. The summed E-state index contributed by atoms with van der Waals surface area (Å²) in [7, 11) is 6.72. The quantitative estimate of drug-likeness (QED) is 0.00451. The molecule has 5 N–H and O–H groups in total. The van der Waals surface area contributed by atoms with Crippen molar-refractivity contribution in [3.8, 4) is 35.3 Å². The van der Waals surface area contributed by atoms with Gasteiger partial charge in [-0.15, -0.1) is 12.3 Å². The molecule has 20 nitrogen and oxygen atoms in total. The molecule has 0 amide bonds. The number of fused-ring (bicyclic) bond motifs is 2. The van der Waals surface area contributed by atoms with Crippen LogP contribution in [0, 0.1) is 77.4 Å². The van der Waals surface area contributed by atoms with E-state index in [-0.39, 0.29) is 49.3 Å². The Labute approximate surface area is 929 Å². The van der Waals surface area contributed by atoms with E-state index in [1.807, 2.05) is 123 Å². The predicted octanol–water partition coefficient (Wildman–Crippen LogP) is 29.9. The molecule has 6 aromatic rings. The number of terminal acetylenes is 1. The van der Waals surface area contributed by atoms with Crippen LogP contribution in [0.25, 0.3) is 30.4 Å². The van der Waals surface area contributed by atoms with Gasteiger partial charge in [-0.2, -0.15) is 0 Å². The Balaban J connectivity index is 0.00000170. The molecule has 2 heterocycles. The molecular weight excluding hydrogens is 2120 g/mol. The molecule has 0 saturated heterocycles. The van der Waals surface area contributed by atoms with Crippen LogP contribution < -0.4 is 24.1 Å². The summed E-state index contributed by atoms with van der Waals surface area (Å²) in [5, 5.41) is 47.7. The molecule has 1 radical (unpaired) electrons. The van der Waals surface area contributed by atoms with E-state index < -0.39 is 25.4 Å². The minimum Gasteiger partial charge on any atom is -0.524 e. The second kappa shape index (κ2) is 90.5. The minimum absolute atomic E-state index is 0.0812. The van der Waals surface area contributed by atoms with Crippen LogP contribution in [0.5, 0.6) is 23.0 Å². The highest BCUT2D eigenvalue weighted by molar-refractivity contribution is 14.1. The van der Waals surface area contributed by atoms with Crippen LogP contribution in [-0.4, -0.2) is 137 Å². The van der Waals surface area contributed by atoms with Gasteiger partial charge < -0.3 is 72.5 Å². The first-order chi connectivity index (χ1) is 71.5. The Bertz CT molecular complexity index is 4620. The van der Waals surface area contributed by atoms with Gasteiger partial charge in [0.15, 0.2) is 0 Å². The second-order valence-corrected chi connectivity index (χ2v) is 40.9. The molecule has 0 aromatic heterocycles. The Morgan fingerprint density at radius 3 is 1.08 bits per heavy atom. The Morgan fingerprint density at radius 1 is 0.389 bits per heavy atom. The van der Waals surface area contributed by atoms with Gasteiger partial charge in [-0.05, 0) is 223 Å². The van der Waals surface area contributed by atoms with Crippen molar-refractivity contribution < 1.29 is 96.4 Å². The van der Waals surface area contributed by atoms with Crippen LogP contribution in [-0.2, 0) is 52.5 Å². The number of benzene rings is 6. The van der Waals surface area contributed by atoms with Crippen molar-refractivity contribution in [2.75, 3.05) is 35.5 Å². The number of hydrogen-bond donors (Lipinski definition) is 5. The largest absolute Gasteiger partial charge is 0.658 e. The summed E-state index contributed by atoms with van der Waals surface area (Å²) >= 11 is 8.96. The number of aliphatic hydroxyl groups excluding tert-OH is 3. The number of methoxy groups -OCH3 is 5. The van der Waals surface area contributed by atoms with E-state index in [0.717, 1.165) is 122 Å². The van der Waals surface area contributed by atoms with E-state index in [1.54, 1.807) is 36.4 Å². The molecule has 6 aromatic carbocycles. The fourth-order valence-corrected chi connectivity index (χ4v) is 16.2. The number of rotatable bonds is 56. The first-order valence-corrected chi connectivity index (χ1v) is 56.7. The van der Waals surface area contributed by atoms with Gasteiger partial charge >= 0.3 is 51.8 Å². The zero-order valence-electron chi connectivity index (χ0n) is 93.3. The normalized spacial score (nSPS) is 14.3. The molecule has 2 aliphatic heterocycles. The maximum Gasteiger partial charge on any atom is 0.658 e. The molecular formula is C123H181B3Br2IO20. The smallest absolute Gasteiger partial charge is 0.524 e. The number of esters is 5. The number of hydrogen-bond acceptors (Lipinski definition) is 20. The molecule has 0 spiro atoms. The van der Waals surface area contributed by atoms with Crippen LogP contribution in [0.15, 0.2) is 207 Å². The zero-order chi connectivity index (χ0) is 111. The molecule has 0 saturated carbocycles. The molecule has 0 fully saturated rings. The molecule has 26 heteroatoms. The molecule has 2 aliphatic rings. The number of ether oxygens (including phenoxy) is 5. The van der Waals surface area contributed by atoms with Crippen molar-refractivity contribution in [3.63, 3.8) is 0 Å². The van der Waals surface area contributed by atoms with Crippen molar-refractivity contribution in [2.45, 2.75) is 321 Å². The average molecular weight is 2300 g/mol. The molecule has 14 atom stereocenters. The first-order valence-electron chi connectivity index (χ1n) is 53.9. The molecule has 8 rings (SSSR count). The first kappa shape index (κ1) is 140. The van der Waals surface area contributed by atoms with E-state index in [0.29, 0.717) is 108 Å².